The first-order valence-corrected chi connectivity index (χ1v) is 12.7. The van der Waals surface area contributed by atoms with E-state index in [4.69, 9.17) is 16.3 Å². The first kappa shape index (κ1) is 27.8. The Bertz CT molecular complexity index is 968. The van der Waals surface area contributed by atoms with Crippen LogP contribution in [0.4, 0.5) is 11.4 Å². The van der Waals surface area contributed by atoms with Crippen LogP contribution in [0.2, 0.25) is 5.02 Å². The molecule has 1 fully saturated rings. The predicted octanol–water partition coefficient (Wildman–Crippen LogP) is 7.88. The Morgan fingerprint density at radius 2 is 1.85 bits per heavy atom. The largest absolute Gasteiger partial charge is 0.496 e. The molecule has 0 spiro atoms. The van der Waals surface area contributed by atoms with Crippen LogP contribution in [0, 0.1) is 23.7 Å². The standard InChI is InChI=1S/C18H28NO2.C10H12ClNO/c1-5-13(2)15-7-10-16(11-8-15)19(20)17-9-6-14(3)18(12-17)21-4;1-3-8-9(11)5-4-6-10(8)12-7(2)13/h6,9,12-13,15-16H,5,7-8,10-11H2,1-4H3;4-6H,3H2,1-2H3,(H,12,13)/q+1;. The number of rotatable bonds is 7. The lowest BCUT2D eigenvalue weighted by Gasteiger charge is -2.28. The molecule has 3 rings (SSSR count). The normalized spacial score (nSPS) is 18.3. The Morgan fingerprint density at radius 3 is 2.41 bits per heavy atom. The molecule has 1 unspecified atom stereocenters. The van der Waals surface area contributed by atoms with E-state index >= 15 is 0 Å². The van der Waals surface area contributed by atoms with Crippen molar-refractivity contribution < 1.29 is 14.3 Å². The lowest BCUT2D eigenvalue weighted by atomic mass is 9.78. The molecule has 1 N–H and O–H groups in total. The van der Waals surface area contributed by atoms with Gasteiger partial charge in [-0.05, 0) is 67.3 Å². The molecule has 6 heteroatoms. The average molecular weight is 488 g/mol. The fourth-order valence-electron chi connectivity index (χ4n) is 4.62. The number of benzene rings is 2. The number of aryl methyl sites for hydroxylation is 1. The van der Waals surface area contributed by atoms with Crippen molar-refractivity contribution in [2.45, 2.75) is 79.2 Å². The molecule has 0 saturated heterocycles. The fraction of sp³-hybridized carbons (Fsp3) is 0.536. The number of amides is 1. The van der Waals surface area contributed by atoms with E-state index in [0.717, 1.165) is 59.3 Å². The molecule has 34 heavy (non-hydrogen) atoms. The first-order chi connectivity index (χ1) is 16.2. The van der Waals surface area contributed by atoms with Gasteiger partial charge in [0.05, 0.1) is 13.2 Å². The number of hydrogen-bond acceptors (Lipinski definition) is 3. The van der Waals surface area contributed by atoms with Gasteiger partial charge in [-0.1, -0.05) is 44.9 Å². The zero-order chi connectivity index (χ0) is 25.3. The Balaban J connectivity index is 0.000000270. The van der Waals surface area contributed by atoms with Crippen molar-refractivity contribution in [3.63, 3.8) is 0 Å². The maximum absolute atomic E-state index is 12.6. The summed E-state index contributed by atoms with van der Waals surface area (Å²) in [5.41, 5.74) is 3.58. The lowest BCUT2D eigenvalue weighted by molar-refractivity contribution is -0.511. The number of ether oxygens (including phenoxy) is 1. The molecule has 2 aromatic rings. The number of nitrogens with one attached hydrogen (secondary N) is 1. The van der Waals surface area contributed by atoms with Crippen LogP contribution < -0.4 is 10.1 Å². The molecule has 0 radical (unpaired) electrons. The van der Waals surface area contributed by atoms with E-state index in [0.29, 0.717) is 5.02 Å². The average Bonchev–Trinajstić information content (AvgIpc) is 2.83. The molecule has 1 amide bonds. The zero-order valence-electron chi connectivity index (χ0n) is 21.5. The van der Waals surface area contributed by atoms with Gasteiger partial charge in [-0.2, -0.15) is 0 Å². The number of nitroso groups, excluding NO2 is 1. The van der Waals surface area contributed by atoms with Crippen molar-refractivity contribution in [1.29, 1.82) is 0 Å². The molecule has 0 bridgehead atoms. The predicted molar refractivity (Wildman–Crippen MR) is 141 cm³/mol. The van der Waals surface area contributed by atoms with E-state index < -0.39 is 0 Å². The number of hydrogen-bond donors (Lipinski definition) is 1. The number of carbonyl (C=O) groups excluding carboxylic acids is 1. The van der Waals surface area contributed by atoms with Gasteiger partial charge in [0.1, 0.15) is 5.75 Å². The lowest BCUT2D eigenvalue weighted by Crippen LogP contribution is -2.28. The van der Waals surface area contributed by atoms with Crippen molar-refractivity contribution in [2.75, 3.05) is 12.4 Å². The Kier molecular flexibility index (Phi) is 11.0. The summed E-state index contributed by atoms with van der Waals surface area (Å²) in [5.74, 6) is 2.30. The van der Waals surface area contributed by atoms with Gasteiger partial charge >= 0.3 is 0 Å². The maximum Gasteiger partial charge on any atom is 0.260 e. The monoisotopic (exact) mass is 487 g/mol. The smallest absolute Gasteiger partial charge is 0.260 e. The van der Waals surface area contributed by atoms with E-state index in [1.165, 1.54) is 30.9 Å². The number of carbonyl (C=O) groups is 1. The van der Waals surface area contributed by atoms with Gasteiger partial charge in [-0.3, -0.25) is 4.79 Å². The highest BCUT2D eigenvalue weighted by Crippen LogP contribution is 2.35. The van der Waals surface area contributed by atoms with Gasteiger partial charge in [0.15, 0.2) is 0 Å². The summed E-state index contributed by atoms with van der Waals surface area (Å²) < 4.78 is 6.52. The second-order valence-corrected chi connectivity index (χ2v) is 9.64. The molecule has 1 atom stereocenters. The van der Waals surface area contributed by atoms with Crippen LogP contribution in [0.5, 0.6) is 5.75 Å². The second-order valence-electron chi connectivity index (χ2n) is 9.23. The van der Waals surface area contributed by atoms with Crippen LogP contribution in [-0.2, 0) is 11.2 Å². The molecule has 1 aliphatic carbocycles. The number of anilines is 1. The van der Waals surface area contributed by atoms with E-state index in [2.05, 4.69) is 19.2 Å². The minimum absolute atomic E-state index is 0.0723. The highest BCUT2D eigenvalue weighted by atomic mass is 35.5. The molecule has 1 saturated carbocycles. The second kappa shape index (κ2) is 13.5. The zero-order valence-corrected chi connectivity index (χ0v) is 22.2. The minimum atomic E-state index is -0.0723. The molecule has 2 aromatic carbocycles. The van der Waals surface area contributed by atoms with E-state index in [1.807, 2.05) is 50.2 Å². The highest BCUT2D eigenvalue weighted by Gasteiger charge is 2.34. The molecule has 0 aromatic heterocycles. The molecule has 1 aliphatic rings. The Hall–Kier alpha value is -2.40. The van der Waals surface area contributed by atoms with Gasteiger partial charge in [-0.25, -0.2) is 0 Å². The van der Waals surface area contributed by atoms with E-state index in [9.17, 15) is 9.70 Å². The minimum Gasteiger partial charge on any atom is -0.496 e. The summed E-state index contributed by atoms with van der Waals surface area (Å²) in [6.45, 7) is 10.1. The number of nitrogens with zero attached hydrogens (tertiary/aromatic N) is 1. The van der Waals surface area contributed by atoms with E-state index in [1.54, 1.807) is 7.11 Å². The van der Waals surface area contributed by atoms with Crippen molar-refractivity contribution in [1.82, 2.24) is 0 Å². The Labute approximate surface area is 209 Å². The first-order valence-electron chi connectivity index (χ1n) is 12.4. The summed E-state index contributed by atoms with van der Waals surface area (Å²) in [4.78, 5) is 23.4. The molecule has 186 valence electrons. The molecule has 0 heterocycles. The van der Waals surface area contributed by atoms with Crippen molar-refractivity contribution in [2.24, 2.45) is 11.8 Å². The van der Waals surface area contributed by atoms with Crippen molar-refractivity contribution in [3.8, 4) is 5.75 Å². The van der Waals surface area contributed by atoms with Gasteiger partial charge in [0, 0.05) is 46.2 Å². The summed E-state index contributed by atoms with van der Waals surface area (Å²) >= 11 is 5.96. The fourth-order valence-corrected chi connectivity index (χ4v) is 4.93. The summed E-state index contributed by atoms with van der Waals surface area (Å²) in [7, 11) is 1.65. The van der Waals surface area contributed by atoms with E-state index in [-0.39, 0.29) is 11.9 Å². The molecular weight excluding hydrogens is 448 g/mol. The highest BCUT2D eigenvalue weighted by molar-refractivity contribution is 6.31. The van der Waals surface area contributed by atoms with Crippen molar-refractivity contribution in [3.05, 3.63) is 57.5 Å². The van der Waals surface area contributed by atoms with Crippen molar-refractivity contribution >= 4 is 28.9 Å². The van der Waals surface area contributed by atoms with Crippen LogP contribution in [0.25, 0.3) is 0 Å². The van der Waals surface area contributed by atoms with Gasteiger partial charge in [0.25, 0.3) is 5.69 Å². The SMILES string of the molecule is CCC(C)C1CCC([N+](=O)c2ccc(C)c(OC)c2)CC1.CCc1c(Cl)cccc1NC(C)=O. The topological polar surface area (TPSA) is 58.4 Å². The van der Waals surface area contributed by atoms with Gasteiger partial charge in [0.2, 0.25) is 11.9 Å². The third-order valence-corrected chi connectivity index (χ3v) is 7.31. The third kappa shape index (κ3) is 7.56. The quantitative estimate of drug-likeness (QED) is 0.404. The van der Waals surface area contributed by atoms with Crippen LogP contribution in [0.15, 0.2) is 36.4 Å². The van der Waals surface area contributed by atoms with Crippen LogP contribution in [-0.4, -0.2) is 23.8 Å². The third-order valence-electron chi connectivity index (χ3n) is 6.95. The maximum atomic E-state index is 12.6. The number of halogens is 1. The Morgan fingerprint density at radius 1 is 1.18 bits per heavy atom. The molecule has 5 nitrogen and oxygen atoms in total. The summed E-state index contributed by atoms with van der Waals surface area (Å²) in [6, 6.07) is 11.4. The van der Waals surface area contributed by atoms with Gasteiger partial charge < -0.3 is 10.1 Å². The van der Waals surface area contributed by atoms with Gasteiger partial charge in [-0.15, -0.1) is 0 Å². The van der Waals surface area contributed by atoms with Crippen LogP contribution >= 0.6 is 11.6 Å². The number of methoxy groups -OCH3 is 1. The van der Waals surface area contributed by atoms with Crippen LogP contribution in [0.3, 0.4) is 0 Å². The van der Waals surface area contributed by atoms with Crippen LogP contribution in [0.1, 0.15) is 70.9 Å². The summed E-state index contributed by atoms with van der Waals surface area (Å²) in [5, 5.41) is 3.44. The molecule has 0 aliphatic heterocycles. The molecular formula is C28H40ClN2O3+. The summed E-state index contributed by atoms with van der Waals surface area (Å²) in [6.07, 6.45) is 6.44.